The molecule has 0 aliphatic heterocycles. The topological polar surface area (TPSA) is 41.1 Å². The van der Waals surface area contributed by atoms with E-state index in [-0.39, 0.29) is 6.03 Å². The third-order valence-electron chi connectivity index (χ3n) is 2.03. The van der Waals surface area contributed by atoms with Crippen molar-refractivity contribution in [3.8, 4) is 0 Å². The minimum atomic E-state index is -0.0353. The van der Waals surface area contributed by atoms with Crippen LogP contribution in [0.4, 0.5) is 4.79 Å². The molecule has 3 nitrogen and oxygen atoms in total. The largest absolute Gasteiger partial charge is 0.338 e. The molecule has 0 aromatic heterocycles. The van der Waals surface area contributed by atoms with E-state index in [4.69, 9.17) is 0 Å². The summed E-state index contributed by atoms with van der Waals surface area (Å²) in [5, 5.41) is 5.60. The van der Waals surface area contributed by atoms with E-state index in [1.54, 1.807) is 0 Å². The summed E-state index contributed by atoms with van der Waals surface area (Å²) in [6.07, 6.45) is 2.54. The quantitative estimate of drug-likeness (QED) is 0.631. The van der Waals surface area contributed by atoms with Crippen molar-refractivity contribution in [1.29, 1.82) is 0 Å². The van der Waals surface area contributed by atoms with Crippen molar-refractivity contribution in [2.75, 3.05) is 6.54 Å². The van der Waals surface area contributed by atoms with E-state index in [1.165, 1.54) is 12.8 Å². The van der Waals surface area contributed by atoms with Crippen LogP contribution in [0.1, 0.15) is 26.7 Å². The first-order valence-corrected chi connectivity index (χ1v) is 4.28. The second-order valence-corrected chi connectivity index (χ2v) is 3.13. The van der Waals surface area contributed by atoms with E-state index in [0.717, 1.165) is 5.92 Å². The lowest BCUT2D eigenvalue weighted by atomic mass is 10.2. The predicted molar refractivity (Wildman–Crippen MR) is 44.4 cm³/mol. The Bertz CT molecular complexity index is 143. The Balaban J connectivity index is 2.12. The van der Waals surface area contributed by atoms with E-state index in [0.29, 0.717) is 12.6 Å². The zero-order chi connectivity index (χ0) is 8.27. The molecule has 1 aliphatic carbocycles. The van der Waals surface area contributed by atoms with Crippen LogP contribution in [0.15, 0.2) is 0 Å². The molecule has 2 amide bonds. The minimum Gasteiger partial charge on any atom is -0.338 e. The summed E-state index contributed by atoms with van der Waals surface area (Å²) in [5.41, 5.74) is 0. The first-order chi connectivity index (χ1) is 5.24. The second-order valence-electron chi connectivity index (χ2n) is 3.13. The molecule has 11 heavy (non-hydrogen) atoms. The zero-order valence-electron chi connectivity index (χ0n) is 7.18. The maximum Gasteiger partial charge on any atom is 0.314 e. The lowest BCUT2D eigenvalue weighted by molar-refractivity contribution is 0.237. The van der Waals surface area contributed by atoms with Crippen molar-refractivity contribution < 1.29 is 4.79 Å². The van der Waals surface area contributed by atoms with Gasteiger partial charge in [-0.05, 0) is 32.6 Å². The van der Waals surface area contributed by atoms with Crippen LogP contribution in [0.2, 0.25) is 0 Å². The minimum absolute atomic E-state index is 0.0353. The van der Waals surface area contributed by atoms with Crippen LogP contribution in [0.25, 0.3) is 0 Å². The van der Waals surface area contributed by atoms with Crippen LogP contribution in [-0.2, 0) is 0 Å². The highest BCUT2D eigenvalue weighted by atomic mass is 16.2. The molecule has 1 saturated carbocycles. The smallest absolute Gasteiger partial charge is 0.314 e. The van der Waals surface area contributed by atoms with Gasteiger partial charge in [0.1, 0.15) is 0 Å². The van der Waals surface area contributed by atoms with Crippen molar-refractivity contribution in [3.63, 3.8) is 0 Å². The van der Waals surface area contributed by atoms with Crippen LogP contribution in [0, 0.1) is 5.92 Å². The third-order valence-corrected chi connectivity index (χ3v) is 2.03. The second kappa shape index (κ2) is 3.60. The van der Waals surface area contributed by atoms with Crippen molar-refractivity contribution in [2.45, 2.75) is 32.7 Å². The number of amides is 2. The molecular formula is C8H16N2O. The van der Waals surface area contributed by atoms with Gasteiger partial charge in [-0.25, -0.2) is 4.79 Å². The highest BCUT2D eigenvalue weighted by Gasteiger charge is 2.28. The van der Waals surface area contributed by atoms with Gasteiger partial charge in [-0.15, -0.1) is 0 Å². The first-order valence-electron chi connectivity index (χ1n) is 4.28. The normalized spacial score (nSPS) is 19.1. The van der Waals surface area contributed by atoms with Crippen LogP contribution in [-0.4, -0.2) is 18.6 Å². The third kappa shape index (κ3) is 2.78. The Kier molecular flexibility index (Phi) is 2.74. The van der Waals surface area contributed by atoms with E-state index in [2.05, 4.69) is 17.6 Å². The number of carbonyl (C=O) groups excluding carboxylic acids is 1. The Hall–Kier alpha value is -0.730. The van der Waals surface area contributed by atoms with Gasteiger partial charge in [0.2, 0.25) is 0 Å². The highest BCUT2D eigenvalue weighted by Crippen LogP contribution is 2.32. The SMILES string of the molecule is CCNC(=O)NC(C)C1CC1. The van der Waals surface area contributed by atoms with Gasteiger partial charge >= 0.3 is 6.03 Å². The van der Waals surface area contributed by atoms with Crippen LogP contribution >= 0.6 is 0 Å². The lowest BCUT2D eigenvalue weighted by Gasteiger charge is -2.12. The maximum absolute atomic E-state index is 11.0. The van der Waals surface area contributed by atoms with Crippen molar-refractivity contribution >= 4 is 6.03 Å². The number of hydrogen-bond acceptors (Lipinski definition) is 1. The van der Waals surface area contributed by atoms with E-state index in [9.17, 15) is 4.79 Å². The lowest BCUT2D eigenvalue weighted by Crippen LogP contribution is -2.41. The van der Waals surface area contributed by atoms with Crippen LogP contribution in [0.3, 0.4) is 0 Å². The molecule has 0 spiro atoms. The average molecular weight is 156 g/mol. The van der Waals surface area contributed by atoms with Gasteiger partial charge in [0.25, 0.3) is 0 Å². The van der Waals surface area contributed by atoms with Crippen molar-refractivity contribution in [1.82, 2.24) is 10.6 Å². The Morgan fingerprint density at radius 3 is 2.73 bits per heavy atom. The molecule has 0 aromatic rings. The van der Waals surface area contributed by atoms with Crippen molar-refractivity contribution in [2.24, 2.45) is 5.92 Å². The van der Waals surface area contributed by atoms with Crippen molar-refractivity contribution in [3.05, 3.63) is 0 Å². The van der Waals surface area contributed by atoms with Crippen LogP contribution < -0.4 is 10.6 Å². The molecule has 64 valence electrons. The van der Waals surface area contributed by atoms with E-state index < -0.39 is 0 Å². The Morgan fingerprint density at radius 2 is 2.27 bits per heavy atom. The summed E-state index contributed by atoms with van der Waals surface area (Å²) in [7, 11) is 0. The molecular weight excluding hydrogens is 140 g/mol. The summed E-state index contributed by atoms with van der Waals surface area (Å²) in [4.78, 5) is 11.0. The Labute approximate surface area is 67.5 Å². The van der Waals surface area contributed by atoms with E-state index in [1.807, 2.05) is 6.92 Å². The van der Waals surface area contributed by atoms with Gasteiger partial charge in [0.05, 0.1) is 0 Å². The molecule has 1 rings (SSSR count). The molecule has 0 radical (unpaired) electrons. The molecule has 1 aliphatic rings. The summed E-state index contributed by atoms with van der Waals surface area (Å²) in [6.45, 7) is 4.68. The zero-order valence-corrected chi connectivity index (χ0v) is 7.18. The number of carbonyl (C=O) groups is 1. The maximum atomic E-state index is 11.0. The monoisotopic (exact) mass is 156 g/mol. The number of nitrogens with one attached hydrogen (secondary N) is 2. The van der Waals surface area contributed by atoms with E-state index >= 15 is 0 Å². The highest BCUT2D eigenvalue weighted by molar-refractivity contribution is 5.74. The molecule has 0 aromatic carbocycles. The molecule has 0 heterocycles. The first kappa shape index (κ1) is 8.37. The molecule has 1 atom stereocenters. The number of rotatable bonds is 3. The summed E-state index contributed by atoms with van der Waals surface area (Å²) >= 11 is 0. The molecule has 1 fully saturated rings. The number of urea groups is 1. The summed E-state index contributed by atoms with van der Waals surface area (Å²) in [6, 6.07) is 0.313. The fraction of sp³-hybridized carbons (Fsp3) is 0.875. The summed E-state index contributed by atoms with van der Waals surface area (Å²) in [5.74, 6) is 0.734. The molecule has 2 N–H and O–H groups in total. The van der Waals surface area contributed by atoms with Gasteiger partial charge < -0.3 is 10.6 Å². The van der Waals surface area contributed by atoms with Gasteiger partial charge in [0.15, 0.2) is 0 Å². The standard InChI is InChI=1S/C8H16N2O/c1-3-9-8(11)10-6(2)7-4-5-7/h6-7H,3-5H2,1-2H3,(H2,9,10,11). The van der Waals surface area contributed by atoms with Gasteiger partial charge in [-0.2, -0.15) is 0 Å². The summed E-state index contributed by atoms with van der Waals surface area (Å²) < 4.78 is 0. The Morgan fingerprint density at radius 1 is 1.64 bits per heavy atom. The predicted octanol–water partition coefficient (Wildman–Crippen LogP) is 1.10. The van der Waals surface area contributed by atoms with Crippen LogP contribution in [0.5, 0.6) is 0 Å². The molecule has 0 saturated heterocycles. The van der Waals surface area contributed by atoms with Gasteiger partial charge in [0, 0.05) is 12.6 Å². The van der Waals surface area contributed by atoms with Gasteiger partial charge in [-0.3, -0.25) is 0 Å². The number of hydrogen-bond donors (Lipinski definition) is 2. The fourth-order valence-corrected chi connectivity index (χ4v) is 1.13. The van der Waals surface area contributed by atoms with Gasteiger partial charge in [-0.1, -0.05) is 0 Å². The average Bonchev–Trinajstić information content (AvgIpc) is 2.67. The fourth-order valence-electron chi connectivity index (χ4n) is 1.13. The molecule has 0 bridgehead atoms. The molecule has 3 heteroatoms. The molecule has 1 unspecified atom stereocenters.